The first kappa shape index (κ1) is 16.6. The van der Waals surface area contributed by atoms with Crippen molar-refractivity contribution in [2.75, 3.05) is 6.54 Å². The van der Waals surface area contributed by atoms with Gasteiger partial charge in [0, 0.05) is 24.4 Å². The molecule has 1 aromatic carbocycles. The van der Waals surface area contributed by atoms with Gasteiger partial charge in [-0.15, -0.1) is 0 Å². The lowest BCUT2D eigenvalue weighted by Gasteiger charge is -2.40. The van der Waals surface area contributed by atoms with Crippen LogP contribution in [0.3, 0.4) is 0 Å². The van der Waals surface area contributed by atoms with Crippen LogP contribution in [0, 0.1) is 0 Å². The fraction of sp³-hybridized carbons (Fsp3) is 0.474. The Labute approximate surface area is 143 Å². The second kappa shape index (κ2) is 6.67. The van der Waals surface area contributed by atoms with Gasteiger partial charge in [0.2, 0.25) is 0 Å². The summed E-state index contributed by atoms with van der Waals surface area (Å²) >= 11 is 0. The molecule has 1 saturated heterocycles. The number of nitrogens with one attached hydrogen (secondary N) is 1. The van der Waals surface area contributed by atoms with Gasteiger partial charge >= 0.3 is 6.09 Å². The summed E-state index contributed by atoms with van der Waals surface area (Å²) in [4.78, 5) is 14.7. The van der Waals surface area contributed by atoms with E-state index in [2.05, 4.69) is 22.3 Å². The molecule has 2 heterocycles. The number of hydrogen-bond donors (Lipinski definition) is 1. The summed E-state index contributed by atoms with van der Waals surface area (Å²) in [5.74, 6) is 0.264. The summed E-state index contributed by atoms with van der Waals surface area (Å²) < 4.78 is 5.66. The van der Waals surface area contributed by atoms with Gasteiger partial charge in [0.15, 0.2) is 0 Å². The minimum Gasteiger partial charge on any atom is -0.444 e. The predicted molar refractivity (Wildman–Crippen MR) is 92.7 cm³/mol. The molecule has 2 atom stereocenters. The van der Waals surface area contributed by atoms with Gasteiger partial charge in [0.1, 0.15) is 5.60 Å². The highest BCUT2D eigenvalue weighted by atomic mass is 16.6. The zero-order chi connectivity index (χ0) is 17.2. The quantitative estimate of drug-likeness (QED) is 0.896. The van der Waals surface area contributed by atoms with Crippen LogP contribution in [-0.4, -0.2) is 33.3 Å². The number of nitrogens with zero attached hydrogens (tertiary/aromatic N) is 2. The lowest BCUT2D eigenvalue weighted by Crippen LogP contribution is -2.44. The number of H-pyrrole nitrogens is 1. The summed E-state index contributed by atoms with van der Waals surface area (Å²) in [6.45, 7) is 6.34. The highest BCUT2D eigenvalue weighted by Gasteiger charge is 2.36. The van der Waals surface area contributed by atoms with E-state index in [0.717, 1.165) is 24.1 Å². The van der Waals surface area contributed by atoms with Crippen LogP contribution in [0.1, 0.15) is 56.8 Å². The van der Waals surface area contributed by atoms with Crippen molar-refractivity contribution in [3.05, 3.63) is 53.9 Å². The van der Waals surface area contributed by atoms with Gasteiger partial charge in [0.05, 0.1) is 6.04 Å². The van der Waals surface area contributed by atoms with E-state index in [1.807, 2.05) is 49.9 Å². The first-order valence-corrected chi connectivity index (χ1v) is 8.48. The number of benzene rings is 1. The normalized spacial score (nSPS) is 21.5. The van der Waals surface area contributed by atoms with Gasteiger partial charge in [-0.1, -0.05) is 30.3 Å². The van der Waals surface area contributed by atoms with Crippen molar-refractivity contribution in [2.45, 2.75) is 51.2 Å². The molecular formula is C19H25N3O2. The van der Waals surface area contributed by atoms with Crippen molar-refractivity contribution in [3.8, 4) is 0 Å². The third-order valence-electron chi connectivity index (χ3n) is 4.36. The summed E-state index contributed by atoms with van der Waals surface area (Å²) in [5, 5.41) is 7.08. The average Bonchev–Trinajstić information content (AvgIpc) is 3.08. The zero-order valence-corrected chi connectivity index (χ0v) is 14.5. The van der Waals surface area contributed by atoms with Crippen LogP contribution in [0.25, 0.3) is 0 Å². The van der Waals surface area contributed by atoms with Crippen LogP contribution >= 0.6 is 0 Å². The van der Waals surface area contributed by atoms with Crippen LogP contribution in [0.15, 0.2) is 42.6 Å². The van der Waals surface area contributed by atoms with E-state index in [-0.39, 0.29) is 18.1 Å². The first-order valence-electron chi connectivity index (χ1n) is 8.48. The Bertz CT molecular complexity index is 662. The fourth-order valence-corrected chi connectivity index (χ4v) is 3.26. The Balaban J connectivity index is 1.84. The van der Waals surface area contributed by atoms with E-state index < -0.39 is 5.60 Å². The highest BCUT2D eigenvalue weighted by molar-refractivity contribution is 5.69. The van der Waals surface area contributed by atoms with E-state index in [4.69, 9.17) is 4.74 Å². The number of carbonyl (C=O) groups excluding carboxylic acids is 1. The number of piperidine rings is 1. The Kier molecular flexibility index (Phi) is 4.60. The number of ether oxygens (including phenoxy) is 1. The largest absolute Gasteiger partial charge is 0.444 e. The molecule has 24 heavy (non-hydrogen) atoms. The van der Waals surface area contributed by atoms with E-state index >= 15 is 0 Å². The van der Waals surface area contributed by atoms with Crippen molar-refractivity contribution in [3.63, 3.8) is 0 Å². The monoisotopic (exact) mass is 327 g/mol. The lowest BCUT2D eigenvalue weighted by atomic mass is 9.87. The minimum atomic E-state index is -0.501. The second-order valence-electron chi connectivity index (χ2n) is 7.35. The molecule has 128 valence electrons. The van der Waals surface area contributed by atoms with Gasteiger partial charge in [-0.2, -0.15) is 5.10 Å². The number of rotatable bonds is 2. The third-order valence-corrected chi connectivity index (χ3v) is 4.36. The number of aromatic amines is 1. The molecule has 0 aliphatic carbocycles. The lowest BCUT2D eigenvalue weighted by molar-refractivity contribution is 0.00684. The van der Waals surface area contributed by atoms with Gasteiger partial charge in [-0.05, 0) is 45.2 Å². The predicted octanol–water partition coefficient (Wildman–Crippen LogP) is 4.27. The summed E-state index contributed by atoms with van der Waals surface area (Å²) in [6.07, 6.45) is 3.44. The number of carbonyl (C=O) groups is 1. The number of likely N-dealkylation sites (tertiary alicyclic amines) is 1. The molecule has 0 spiro atoms. The van der Waals surface area contributed by atoms with E-state index in [0.29, 0.717) is 6.54 Å². The van der Waals surface area contributed by atoms with E-state index in [1.54, 1.807) is 6.20 Å². The Morgan fingerprint density at radius 3 is 2.58 bits per heavy atom. The second-order valence-corrected chi connectivity index (χ2v) is 7.35. The molecular weight excluding hydrogens is 302 g/mol. The summed E-state index contributed by atoms with van der Waals surface area (Å²) in [6, 6.07) is 12.2. The molecule has 0 saturated carbocycles. The average molecular weight is 327 g/mol. The topological polar surface area (TPSA) is 58.2 Å². The summed E-state index contributed by atoms with van der Waals surface area (Å²) in [5.41, 5.74) is 1.74. The fourth-order valence-electron chi connectivity index (χ4n) is 3.26. The minimum absolute atomic E-state index is 0.0558. The molecule has 1 aliphatic heterocycles. The van der Waals surface area contributed by atoms with Crippen molar-refractivity contribution in [1.29, 1.82) is 0 Å². The van der Waals surface area contributed by atoms with Crippen molar-refractivity contribution in [1.82, 2.24) is 15.1 Å². The smallest absolute Gasteiger partial charge is 0.410 e. The third kappa shape index (κ3) is 3.78. The molecule has 1 fully saturated rings. The maximum absolute atomic E-state index is 12.8. The SMILES string of the molecule is CC(C)(C)OC(=O)N1CC(c2ccn[nH]2)CCC1c1ccccc1. The molecule has 5 nitrogen and oxygen atoms in total. The molecule has 2 aromatic rings. The van der Waals surface area contributed by atoms with Crippen molar-refractivity contribution >= 4 is 6.09 Å². The van der Waals surface area contributed by atoms with Crippen LogP contribution in [0.5, 0.6) is 0 Å². The van der Waals surface area contributed by atoms with Crippen molar-refractivity contribution < 1.29 is 9.53 Å². The standard InChI is InChI=1S/C19H25N3O2/c1-19(2,3)24-18(23)22-13-15(16-11-12-20-21-16)9-10-17(22)14-7-5-4-6-8-14/h4-8,11-12,15,17H,9-10,13H2,1-3H3,(H,20,21). The maximum atomic E-state index is 12.8. The molecule has 1 aromatic heterocycles. The van der Waals surface area contributed by atoms with E-state index in [1.165, 1.54) is 0 Å². The molecule has 5 heteroatoms. The first-order chi connectivity index (χ1) is 11.4. The number of hydrogen-bond acceptors (Lipinski definition) is 3. The number of aromatic nitrogens is 2. The molecule has 1 amide bonds. The number of amides is 1. The van der Waals surface area contributed by atoms with Crippen LogP contribution in [0.2, 0.25) is 0 Å². The van der Waals surface area contributed by atoms with Crippen LogP contribution in [-0.2, 0) is 4.74 Å². The molecule has 2 unspecified atom stereocenters. The molecule has 0 bridgehead atoms. The molecule has 1 aliphatic rings. The van der Waals surface area contributed by atoms with Gasteiger partial charge < -0.3 is 9.64 Å². The Morgan fingerprint density at radius 1 is 1.21 bits per heavy atom. The molecule has 0 radical (unpaired) electrons. The van der Waals surface area contributed by atoms with Gasteiger partial charge in [-0.3, -0.25) is 5.10 Å². The molecule has 3 rings (SSSR count). The maximum Gasteiger partial charge on any atom is 0.410 e. The van der Waals surface area contributed by atoms with Crippen LogP contribution < -0.4 is 0 Å². The molecule has 1 N–H and O–H groups in total. The Hall–Kier alpha value is -2.30. The van der Waals surface area contributed by atoms with Gasteiger partial charge in [-0.25, -0.2) is 4.79 Å². The van der Waals surface area contributed by atoms with Crippen LogP contribution in [0.4, 0.5) is 4.79 Å². The summed E-state index contributed by atoms with van der Waals surface area (Å²) in [7, 11) is 0. The van der Waals surface area contributed by atoms with Gasteiger partial charge in [0.25, 0.3) is 0 Å². The van der Waals surface area contributed by atoms with E-state index in [9.17, 15) is 4.79 Å². The highest BCUT2D eigenvalue weighted by Crippen LogP contribution is 2.37. The zero-order valence-electron chi connectivity index (χ0n) is 14.5. The van der Waals surface area contributed by atoms with Crippen molar-refractivity contribution in [2.24, 2.45) is 0 Å². The Morgan fingerprint density at radius 2 is 1.96 bits per heavy atom.